The second-order valence-corrected chi connectivity index (χ2v) is 7.60. The van der Waals surface area contributed by atoms with Gasteiger partial charge in [-0.15, -0.1) is 12.4 Å². The summed E-state index contributed by atoms with van der Waals surface area (Å²) in [5.41, 5.74) is 5.54. The first-order chi connectivity index (χ1) is 12.7. The summed E-state index contributed by atoms with van der Waals surface area (Å²) >= 11 is 12.0. The smallest absolute Gasteiger partial charge is 0.122 e. The van der Waals surface area contributed by atoms with Crippen molar-refractivity contribution in [1.29, 1.82) is 0 Å². The van der Waals surface area contributed by atoms with Crippen LogP contribution in [-0.4, -0.2) is 24.7 Å². The molecule has 3 aromatic rings. The summed E-state index contributed by atoms with van der Waals surface area (Å²) in [7, 11) is 0. The van der Waals surface area contributed by atoms with Crippen LogP contribution in [0.25, 0.3) is 10.9 Å². The minimum Gasteiger partial charge on any atom is -0.493 e. The Morgan fingerprint density at radius 2 is 1.78 bits per heavy atom. The van der Waals surface area contributed by atoms with Crippen LogP contribution in [0.4, 0.5) is 0 Å². The zero-order chi connectivity index (χ0) is 17.9. The molecule has 144 valence electrons. The number of H-pyrrole nitrogens is 1. The molecule has 3 nitrogen and oxygen atoms in total. The molecule has 1 aliphatic rings. The van der Waals surface area contributed by atoms with Crippen molar-refractivity contribution in [3.8, 4) is 5.75 Å². The maximum Gasteiger partial charge on any atom is 0.122 e. The maximum atomic E-state index is 6.02. The van der Waals surface area contributed by atoms with Crippen LogP contribution in [0.5, 0.6) is 5.75 Å². The highest BCUT2D eigenvalue weighted by Gasteiger charge is 2.16. The lowest BCUT2D eigenvalue weighted by atomic mass is 9.99. The number of hydrogen-bond acceptors (Lipinski definition) is 2. The standard InChI is InChI=1S/C21H22Cl2N2O.ClH/c22-15-11-16(23)13-17(12-15)26-10-2-4-14-3-1-5-20-21(14)18-6-8-24-9-7-19(18)25-20;/h1,3,5,11-13,24-25H,2,4,6-10H2;1H. The van der Waals surface area contributed by atoms with Crippen LogP contribution in [0.1, 0.15) is 23.2 Å². The summed E-state index contributed by atoms with van der Waals surface area (Å²) in [6, 6.07) is 11.9. The average Bonchev–Trinajstić information content (AvgIpc) is 2.80. The summed E-state index contributed by atoms with van der Waals surface area (Å²) in [6.45, 7) is 2.74. The average molecular weight is 426 g/mol. The fourth-order valence-electron chi connectivity index (χ4n) is 3.76. The molecule has 2 N–H and O–H groups in total. The first-order valence-corrected chi connectivity index (χ1v) is 9.87. The van der Waals surface area contributed by atoms with Gasteiger partial charge in [0.25, 0.3) is 0 Å². The summed E-state index contributed by atoms with van der Waals surface area (Å²) in [4.78, 5) is 3.62. The first-order valence-electron chi connectivity index (χ1n) is 9.11. The molecule has 0 unspecified atom stereocenters. The Morgan fingerprint density at radius 3 is 2.59 bits per heavy atom. The Bertz CT molecular complexity index is 903. The van der Waals surface area contributed by atoms with Crippen LogP contribution in [0.2, 0.25) is 10.0 Å². The number of halogens is 3. The van der Waals surface area contributed by atoms with Crippen molar-refractivity contribution in [1.82, 2.24) is 10.3 Å². The maximum absolute atomic E-state index is 6.02. The van der Waals surface area contributed by atoms with E-state index in [-0.39, 0.29) is 12.4 Å². The van der Waals surface area contributed by atoms with Gasteiger partial charge in [-0.1, -0.05) is 35.3 Å². The van der Waals surface area contributed by atoms with Crippen LogP contribution in [0, 0.1) is 0 Å². The van der Waals surface area contributed by atoms with E-state index in [0.717, 1.165) is 44.5 Å². The first kappa shape index (κ1) is 20.3. The number of fused-ring (bicyclic) bond motifs is 3. The third-order valence-corrected chi connectivity index (χ3v) is 5.34. The molecule has 0 saturated heterocycles. The van der Waals surface area contributed by atoms with Crippen LogP contribution in [-0.2, 0) is 19.3 Å². The lowest BCUT2D eigenvalue weighted by molar-refractivity contribution is 0.311. The van der Waals surface area contributed by atoms with E-state index >= 15 is 0 Å². The van der Waals surface area contributed by atoms with Crippen LogP contribution in [0.3, 0.4) is 0 Å². The zero-order valence-corrected chi connectivity index (χ0v) is 17.3. The van der Waals surface area contributed by atoms with Crippen LogP contribution >= 0.6 is 35.6 Å². The van der Waals surface area contributed by atoms with E-state index < -0.39 is 0 Å². The number of aromatic amines is 1. The van der Waals surface area contributed by atoms with E-state index in [1.165, 1.54) is 27.7 Å². The molecular weight excluding hydrogens is 403 g/mol. The molecule has 2 aromatic carbocycles. The summed E-state index contributed by atoms with van der Waals surface area (Å²) in [5.74, 6) is 0.724. The van der Waals surface area contributed by atoms with E-state index in [0.29, 0.717) is 16.7 Å². The van der Waals surface area contributed by atoms with Crippen LogP contribution < -0.4 is 10.1 Å². The molecule has 4 rings (SSSR count). The fraction of sp³-hybridized carbons (Fsp3) is 0.333. The number of rotatable bonds is 5. The van der Waals surface area contributed by atoms with Gasteiger partial charge in [0.1, 0.15) is 5.75 Å². The Balaban J connectivity index is 0.00000210. The third kappa shape index (κ3) is 4.72. The topological polar surface area (TPSA) is 37.0 Å². The normalized spacial score (nSPS) is 13.7. The van der Waals surface area contributed by atoms with Crippen molar-refractivity contribution >= 4 is 46.5 Å². The van der Waals surface area contributed by atoms with Gasteiger partial charge in [0.05, 0.1) is 6.61 Å². The van der Waals surface area contributed by atoms with E-state index in [4.69, 9.17) is 27.9 Å². The minimum absolute atomic E-state index is 0. The Labute approximate surface area is 175 Å². The molecule has 1 aliphatic heterocycles. The van der Waals surface area contributed by atoms with Gasteiger partial charge < -0.3 is 15.0 Å². The molecule has 1 aromatic heterocycles. The highest BCUT2D eigenvalue weighted by Crippen LogP contribution is 2.29. The largest absolute Gasteiger partial charge is 0.493 e. The number of aryl methyl sites for hydroxylation is 1. The lowest BCUT2D eigenvalue weighted by Crippen LogP contribution is -2.16. The Hall–Kier alpha value is -1.39. The minimum atomic E-state index is 0. The van der Waals surface area contributed by atoms with Crippen molar-refractivity contribution < 1.29 is 4.74 Å². The number of ether oxygens (including phenoxy) is 1. The number of benzene rings is 2. The molecule has 0 saturated carbocycles. The molecule has 0 amide bonds. The van der Waals surface area contributed by atoms with E-state index in [9.17, 15) is 0 Å². The molecule has 27 heavy (non-hydrogen) atoms. The molecule has 0 atom stereocenters. The lowest BCUT2D eigenvalue weighted by Gasteiger charge is -2.09. The predicted octanol–water partition coefficient (Wildman–Crippen LogP) is 5.60. The van der Waals surface area contributed by atoms with Gasteiger partial charge in [-0.2, -0.15) is 0 Å². The molecule has 0 radical (unpaired) electrons. The monoisotopic (exact) mass is 424 g/mol. The second-order valence-electron chi connectivity index (χ2n) is 6.73. The molecule has 2 heterocycles. The molecule has 0 spiro atoms. The summed E-state index contributed by atoms with van der Waals surface area (Å²) < 4.78 is 5.83. The van der Waals surface area contributed by atoms with E-state index in [1.807, 2.05) is 0 Å². The second kappa shape index (κ2) is 9.20. The third-order valence-electron chi connectivity index (χ3n) is 4.90. The van der Waals surface area contributed by atoms with Gasteiger partial charge >= 0.3 is 0 Å². The number of hydrogen-bond donors (Lipinski definition) is 2. The van der Waals surface area contributed by atoms with Crippen molar-refractivity contribution in [3.05, 3.63) is 63.3 Å². The highest BCUT2D eigenvalue weighted by molar-refractivity contribution is 6.34. The van der Waals surface area contributed by atoms with E-state index in [2.05, 4.69) is 28.5 Å². The Kier molecular flexibility index (Phi) is 6.93. The van der Waals surface area contributed by atoms with Crippen molar-refractivity contribution in [3.63, 3.8) is 0 Å². The van der Waals surface area contributed by atoms with Gasteiger partial charge in [0.15, 0.2) is 0 Å². The molecule has 0 bridgehead atoms. The Morgan fingerprint density at radius 1 is 1.00 bits per heavy atom. The van der Waals surface area contributed by atoms with Gasteiger partial charge in [-0.25, -0.2) is 0 Å². The number of nitrogens with one attached hydrogen (secondary N) is 2. The zero-order valence-electron chi connectivity index (χ0n) is 15.0. The molecule has 0 aliphatic carbocycles. The summed E-state index contributed by atoms with van der Waals surface area (Å²) in [5, 5.41) is 6.09. The van der Waals surface area contributed by atoms with Gasteiger partial charge in [-0.05, 0) is 61.2 Å². The summed E-state index contributed by atoms with van der Waals surface area (Å²) in [6.07, 6.45) is 4.09. The molecule has 0 fully saturated rings. The molecule has 6 heteroatoms. The predicted molar refractivity (Wildman–Crippen MR) is 116 cm³/mol. The SMILES string of the molecule is Cl.Clc1cc(Cl)cc(OCCCc2cccc3[nH]c4c(c23)CCNCC4)c1. The number of aromatic nitrogens is 1. The molecular formula is C21H23Cl3N2O. The van der Waals surface area contributed by atoms with Gasteiger partial charge in [0, 0.05) is 39.6 Å². The highest BCUT2D eigenvalue weighted by atomic mass is 35.5. The van der Waals surface area contributed by atoms with Gasteiger partial charge in [-0.3, -0.25) is 0 Å². The van der Waals surface area contributed by atoms with Crippen molar-refractivity contribution in [2.45, 2.75) is 25.7 Å². The fourth-order valence-corrected chi connectivity index (χ4v) is 4.27. The van der Waals surface area contributed by atoms with E-state index in [1.54, 1.807) is 18.2 Å². The van der Waals surface area contributed by atoms with Crippen molar-refractivity contribution in [2.75, 3.05) is 19.7 Å². The quantitative estimate of drug-likeness (QED) is 0.522. The van der Waals surface area contributed by atoms with Crippen molar-refractivity contribution in [2.24, 2.45) is 0 Å². The van der Waals surface area contributed by atoms with Gasteiger partial charge in [0.2, 0.25) is 0 Å². The van der Waals surface area contributed by atoms with Crippen LogP contribution in [0.15, 0.2) is 36.4 Å².